The van der Waals surface area contributed by atoms with Crippen LogP contribution < -0.4 is 4.90 Å². The Hall–Kier alpha value is -2.02. The van der Waals surface area contributed by atoms with Crippen LogP contribution in [0.3, 0.4) is 0 Å². The molecule has 29 heavy (non-hydrogen) atoms. The van der Waals surface area contributed by atoms with E-state index in [0.29, 0.717) is 6.73 Å². The minimum Gasteiger partial charge on any atom is -0.368 e. The number of piperazine rings is 1. The van der Waals surface area contributed by atoms with Gasteiger partial charge in [0.2, 0.25) is 0 Å². The first-order chi connectivity index (χ1) is 14.0. The van der Waals surface area contributed by atoms with E-state index in [-0.39, 0.29) is 0 Å². The Labute approximate surface area is 175 Å². The van der Waals surface area contributed by atoms with Crippen LogP contribution in [0.25, 0.3) is 10.9 Å². The molecule has 1 aliphatic rings. The molecule has 1 aromatic carbocycles. The maximum atomic E-state index is 5.87. The van der Waals surface area contributed by atoms with E-state index in [1.54, 1.807) is 0 Å². The number of fused-ring (bicyclic) bond motifs is 1. The number of hydrogen-bond acceptors (Lipinski definition) is 3. The zero-order chi connectivity index (χ0) is 20.3. The van der Waals surface area contributed by atoms with Gasteiger partial charge >= 0.3 is 0 Å². The Morgan fingerprint density at radius 1 is 1.03 bits per heavy atom. The van der Waals surface area contributed by atoms with Crippen LogP contribution in [0, 0.1) is 0 Å². The third-order valence-electron chi connectivity index (χ3n) is 5.69. The van der Waals surface area contributed by atoms with Crippen molar-refractivity contribution >= 4 is 24.7 Å². The molecule has 0 unspecified atom stereocenters. The van der Waals surface area contributed by atoms with Gasteiger partial charge in [-0.25, -0.2) is 0 Å². The average Bonchev–Trinajstić information content (AvgIpc) is 3.31. The van der Waals surface area contributed by atoms with Crippen LogP contribution in [0.5, 0.6) is 0 Å². The molecule has 2 aromatic heterocycles. The highest BCUT2D eigenvalue weighted by molar-refractivity contribution is 6.76. The molecule has 1 fully saturated rings. The summed E-state index contributed by atoms with van der Waals surface area (Å²) in [6.07, 6.45) is 4.36. The van der Waals surface area contributed by atoms with Gasteiger partial charge in [0.25, 0.3) is 0 Å². The molecule has 156 valence electrons. The minimum atomic E-state index is -1.01. The van der Waals surface area contributed by atoms with Crippen LogP contribution in [0.2, 0.25) is 25.7 Å². The number of rotatable bonds is 8. The lowest BCUT2D eigenvalue weighted by atomic mass is 10.2. The van der Waals surface area contributed by atoms with E-state index in [1.165, 1.54) is 28.3 Å². The van der Waals surface area contributed by atoms with Crippen molar-refractivity contribution in [3.63, 3.8) is 0 Å². The maximum Gasteiger partial charge on any atom is 0.122 e. The lowest BCUT2D eigenvalue weighted by Crippen LogP contribution is -2.45. The van der Waals surface area contributed by atoms with Gasteiger partial charge in [-0.3, -0.25) is 4.90 Å². The van der Waals surface area contributed by atoms with Crippen molar-refractivity contribution in [2.45, 2.75) is 39.0 Å². The van der Waals surface area contributed by atoms with E-state index >= 15 is 0 Å². The molecular weight excluding hydrogens is 376 g/mol. The van der Waals surface area contributed by atoms with Gasteiger partial charge in [0.15, 0.2) is 0 Å². The molecule has 5 nitrogen and oxygen atoms in total. The van der Waals surface area contributed by atoms with Crippen molar-refractivity contribution in [3.05, 3.63) is 54.5 Å². The van der Waals surface area contributed by atoms with Crippen LogP contribution >= 0.6 is 0 Å². The predicted molar refractivity (Wildman–Crippen MR) is 124 cm³/mol. The monoisotopic (exact) mass is 410 g/mol. The summed E-state index contributed by atoms with van der Waals surface area (Å²) in [6.45, 7) is 14.0. The Kier molecular flexibility index (Phi) is 6.13. The Bertz CT molecular complexity index is 885. The second-order valence-corrected chi connectivity index (χ2v) is 15.0. The topological polar surface area (TPSA) is 36.4 Å². The van der Waals surface area contributed by atoms with E-state index in [2.05, 4.69) is 87.8 Å². The smallest absolute Gasteiger partial charge is 0.122 e. The zero-order valence-corrected chi connectivity index (χ0v) is 19.0. The van der Waals surface area contributed by atoms with Crippen LogP contribution in [-0.2, 0) is 18.0 Å². The molecule has 0 amide bonds. The highest BCUT2D eigenvalue weighted by Crippen LogP contribution is 2.20. The van der Waals surface area contributed by atoms with Crippen molar-refractivity contribution in [1.82, 2.24) is 14.5 Å². The maximum absolute atomic E-state index is 5.87. The lowest BCUT2D eigenvalue weighted by molar-refractivity contribution is 0.0875. The number of H-pyrrole nitrogens is 1. The number of ether oxygens (including phenoxy) is 1. The summed E-state index contributed by atoms with van der Waals surface area (Å²) in [5.41, 5.74) is 3.85. The molecule has 0 radical (unpaired) electrons. The molecule has 0 saturated carbocycles. The molecule has 0 spiro atoms. The van der Waals surface area contributed by atoms with Crippen LogP contribution in [-0.4, -0.2) is 55.3 Å². The highest BCUT2D eigenvalue weighted by Gasteiger charge is 2.18. The van der Waals surface area contributed by atoms with Crippen molar-refractivity contribution in [3.8, 4) is 0 Å². The van der Waals surface area contributed by atoms with Gasteiger partial charge in [0.1, 0.15) is 6.73 Å². The quantitative estimate of drug-likeness (QED) is 0.435. The van der Waals surface area contributed by atoms with E-state index in [0.717, 1.165) is 39.3 Å². The van der Waals surface area contributed by atoms with Gasteiger partial charge in [0, 0.05) is 71.0 Å². The number of nitrogens with zero attached hydrogens (tertiary/aromatic N) is 3. The Morgan fingerprint density at radius 2 is 1.83 bits per heavy atom. The predicted octanol–water partition coefficient (Wildman–Crippen LogP) is 4.60. The largest absolute Gasteiger partial charge is 0.368 e. The Morgan fingerprint density at radius 3 is 2.59 bits per heavy atom. The lowest BCUT2D eigenvalue weighted by Gasteiger charge is -2.35. The third kappa shape index (κ3) is 5.53. The van der Waals surface area contributed by atoms with Crippen LogP contribution in [0.1, 0.15) is 5.69 Å². The summed E-state index contributed by atoms with van der Waals surface area (Å²) < 4.78 is 8.04. The molecule has 4 rings (SSSR count). The summed E-state index contributed by atoms with van der Waals surface area (Å²) in [6, 6.07) is 14.2. The van der Waals surface area contributed by atoms with Gasteiger partial charge in [-0.2, -0.15) is 0 Å². The second-order valence-electron chi connectivity index (χ2n) is 9.38. The molecular formula is C23H34N4OSi. The number of para-hydroxylation sites is 1. The van der Waals surface area contributed by atoms with E-state index in [4.69, 9.17) is 4.74 Å². The molecule has 3 heterocycles. The van der Waals surface area contributed by atoms with Gasteiger partial charge in [0.05, 0.1) is 5.69 Å². The molecule has 1 aliphatic heterocycles. The SMILES string of the molecule is C[Si](C)(C)CCOCn1ccc(N2CCN(Cc3cc4ccccc4[nH]3)CC2)c1. The van der Waals surface area contributed by atoms with E-state index in [1.807, 2.05) is 0 Å². The average molecular weight is 411 g/mol. The van der Waals surface area contributed by atoms with Crippen LogP contribution in [0.4, 0.5) is 5.69 Å². The number of nitrogens with one attached hydrogen (secondary N) is 1. The van der Waals surface area contributed by atoms with Crippen molar-refractivity contribution in [2.75, 3.05) is 37.7 Å². The second kappa shape index (κ2) is 8.77. The summed E-state index contributed by atoms with van der Waals surface area (Å²) in [4.78, 5) is 8.58. The number of hydrogen-bond donors (Lipinski definition) is 1. The molecule has 0 atom stereocenters. The first kappa shape index (κ1) is 20.3. The fourth-order valence-corrected chi connectivity index (χ4v) is 4.62. The summed E-state index contributed by atoms with van der Waals surface area (Å²) in [5, 5.41) is 1.30. The fraction of sp³-hybridized carbons (Fsp3) is 0.478. The van der Waals surface area contributed by atoms with Gasteiger partial charge in [-0.15, -0.1) is 0 Å². The minimum absolute atomic E-state index is 0.658. The molecule has 6 heteroatoms. The zero-order valence-electron chi connectivity index (χ0n) is 18.0. The van der Waals surface area contributed by atoms with Crippen molar-refractivity contribution in [1.29, 1.82) is 0 Å². The van der Waals surface area contributed by atoms with Gasteiger partial charge < -0.3 is 19.2 Å². The standard InChI is InChI=1S/C23H34N4OSi/c1-29(2,3)15-14-28-19-26-9-8-22(18-26)27-12-10-25(11-13-27)17-21-16-20-6-4-5-7-23(20)24-21/h4-9,16,18,24H,10-15,17,19H2,1-3H3. The highest BCUT2D eigenvalue weighted by atomic mass is 28.3. The summed E-state index contributed by atoms with van der Waals surface area (Å²) >= 11 is 0. The first-order valence-corrected chi connectivity index (χ1v) is 14.4. The third-order valence-corrected chi connectivity index (χ3v) is 7.39. The number of aromatic amines is 1. The number of benzene rings is 1. The molecule has 0 aliphatic carbocycles. The fourth-order valence-electron chi connectivity index (χ4n) is 3.87. The molecule has 0 bridgehead atoms. The first-order valence-electron chi connectivity index (χ1n) is 10.7. The van der Waals surface area contributed by atoms with Gasteiger partial charge in [-0.05, 0) is 29.6 Å². The van der Waals surface area contributed by atoms with Crippen LogP contribution in [0.15, 0.2) is 48.8 Å². The van der Waals surface area contributed by atoms with Crippen molar-refractivity contribution in [2.24, 2.45) is 0 Å². The number of anilines is 1. The molecule has 3 aromatic rings. The van der Waals surface area contributed by atoms with E-state index < -0.39 is 8.07 Å². The van der Waals surface area contributed by atoms with Crippen molar-refractivity contribution < 1.29 is 4.74 Å². The summed E-state index contributed by atoms with van der Waals surface area (Å²) in [7, 11) is -1.01. The number of aromatic nitrogens is 2. The summed E-state index contributed by atoms with van der Waals surface area (Å²) in [5.74, 6) is 0. The normalized spacial score (nSPS) is 16.0. The van der Waals surface area contributed by atoms with E-state index in [9.17, 15) is 0 Å². The molecule has 1 saturated heterocycles. The molecule has 1 N–H and O–H groups in total. The van der Waals surface area contributed by atoms with Gasteiger partial charge in [-0.1, -0.05) is 37.8 Å². The Balaban J connectivity index is 1.24.